The zero-order valence-electron chi connectivity index (χ0n) is 9.29. The van der Waals surface area contributed by atoms with Crippen molar-refractivity contribution in [2.24, 2.45) is 0 Å². The third-order valence-electron chi connectivity index (χ3n) is 3.31. The predicted molar refractivity (Wildman–Crippen MR) is 57.6 cm³/mol. The fourth-order valence-electron chi connectivity index (χ4n) is 2.30. The lowest BCUT2D eigenvalue weighted by atomic mass is 9.99. The van der Waals surface area contributed by atoms with E-state index in [0.29, 0.717) is 6.04 Å². The van der Waals surface area contributed by atoms with E-state index in [9.17, 15) is 4.79 Å². The van der Waals surface area contributed by atoms with Crippen molar-refractivity contribution in [3.63, 3.8) is 0 Å². The second-order valence-electron chi connectivity index (χ2n) is 4.50. The molecule has 2 heterocycles. The van der Waals surface area contributed by atoms with Gasteiger partial charge in [0.15, 0.2) is 0 Å². The molecule has 0 aromatic carbocycles. The molecule has 3 atom stereocenters. The van der Waals surface area contributed by atoms with Crippen LogP contribution in [0, 0.1) is 0 Å². The van der Waals surface area contributed by atoms with Crippen LogP contribution in [0.5, 0.6) is 0 Å². The van der Waals surface area contributed by atoms with Gasteiger partial charge in [0.2, 0.25) is 5.91 Å². The van der Waals surface area contributed by atoms with Crippen LogP contribution in [0.25, 0.3) is 0 Å². The first-order chi connectivity index (χ1) is 7.27. The van der Waals surface area contributed by atoms with Gasteiger partial charge in [-0.25, -0.2) is 0 Å². The topological polar surface area (TPSA) is 50.4 Å². The molecular formula is C11H20N2O2. The Morgan fingerprint density at radius 3 is 2.93 bits per heavy atom. The first kappa shape index (κ1) is 10.9. The zero-order valence-corrected chi connectivity index (χ0v) is 9.29. The Morgan fingerprint density at radius 2 is 2.27 bits per heavy atom. The van der Waals surface area contributed by atoms with Crippen LogP contribution in [0.4, 0.5) is 0 Å². The quantitative estimate of drug-likeness (QED) is 0.697. The van der Waals surface area contributed by atoms with Crippen molar-refractivity contribution in [3.05, 3.63) is 0 Å². The Balaban J connectivity index is 1.81. The summed E-state index contributed by atoms with van der Waals surface area (Å²) in [7, 11) is 0. The van der Waals surface area contributed by atoms with E-state index in [-0.39, 0.29) is 18.1 Å². The molecule has 0 aliphatic carbocycles. The molecule has 4 heteroatoms. The molecule has 0 bridgehead atoms. The molecule has 0 aromatic rings. The number of ether oxygens (including phenoxy) is 1. The third kappa shape index (κ3) is 2.69. The van der Waals surface area contributed by atoms with Crippen LogP contribution < -0.4 is 10.6 Å². The van der Waals surface area contributed by atoms with Crippen molar-refractivity contribution in [2.45, 2.75) is 50.8 Å². The highest BCUT2D eigenvalue weighted by atomic mass is 16.5. The van der Waals surface area contributed by atoms with Gasteiger partial charge in [-0.05, 0) is 39.2 Å². The second-order valence-corrected chi connectivity index (χ2v) is 4.50. The van der Waals surface area contributed by atoms with Crippen molar-refractivity contribution >= 4 is 5.91 Å². The predicted octanol–water partition coefficient (Wildman–Crippen LogP) is 0.422. The summed E-state index contributed by atoms with van der Waals surface area (Å²) in [5, 5.41) is 6.46. The first-order valence-electron chi connectivity index (χ1n) is 5.93. The van der Waals surface area contributed by atoms with Crippen molar-refractivity contribution in [2.75, 3.05) is 13.2 Å². The lowest BCUT2D eigenvalue weighted by molar-refractivity contribution is -0.131. The summed E-state index contributed by atoms with van der Waals surface area (Å²) in [6.45, 7) is 3.92. The third-order valence-corrected chi connectivity index (χ3v) is 3.31. The molecule has 2 N–H and O–H groups in total. The van der Waals surface area contributed by atoms with Crippen LogP contribution in [0.2, 0.25) is 0 Å². The Labute approximate surface area is 90.8 Å². The summed E-state index contributed by atoms with van der Waals surface area (Å²) in [5.74, 6) is 0.0769. The molecule has 0 radical (unpaired) electrons. The molecule has 4 nitrogen and oxygen atoms in total. The summed E-state index contributed by atoms with van der Waals surface area (Å²) in [4.78, 5) is 11.8. The van der Waals surface area contributed by atoms with Crippen LogP contribution in [-0.2, 0) is 9.53 Å². The molecule has 3 unspecified atom stereocenters. The molecule has 2 aliphatic rings. The molecule has 0 saturated carbocycles. The molecule has 2 saturated heterocycles. The molecular weight excluding hydrogens is 192 g/mol. The number of hydrogen-bond donors (Lipinski definition) is 2. The summed E-state index contributed by atoms with van der Waals surface area (Å²) >= 11 is 0. The maximum absolute atomic E-state index is 11.8. The van der Waals surface area contributed by atoms with Gasteiger partial charge in [-0.1, -0.05) is 0 Å². The van der Waals surface area contributed by atoms with E-state index in [1.807, 2.05) is 0 Å². The van der Waals surface area contributed by atoms with Crippen LogP contribution in [0.3, 0.4) is 0 Å². The zero-order chi connectivity index (χ0) is 10.7. The summed E-state index contributed by atoms with van der Waals surface area (Å²) in [6.07, 6.45) is 3.91. The second kappa shape index (κ2) is 4.94. The molecule has 0 aromatic heterocycles. The normalized spacial score (nSPS) is 36.5. The number of hydrogen-bond acceptors (Lipinski definition) is 3. The van der Waals surface area contributed by atoms with E-state index in [4.69, 9.17) is 4.74 Å². The Bertz CT molecular complexity index is 227. The van der Waals surface area contributed by atoms with Crippen molar-refractivity contribution < 1.29 is 9.53 Å². The lowest BCUT2D eigenvalue weighted by Crippen LogP contribution is -2.53. The lowest BCUT2D eigenvalue weighted by Gasteiger charge is -2.31. The van der Waals surface area contributed by atoms with Crippen LogP contribution >= 0.6 is 0 Å². The molecule has 15 heavy (non-hydrogen) atoms. The van der Waals surface area contributed by atoms with Gasteiger partial charge in [0.1, 0.15) is 6.10 Å². The van der Waals surface area contributed by atoms with Gasteiger partial charge in [-0.2, -0.15) is 0 Å². The number of piperidine rings is 1. The van der Waals surface area contributed by atoms with Gasteiger partial charge in [-0.15, -0.1) is 0 Å². The molecule has 2 fully saturated rings. The van der Waals surface area contributed by atoms with Gasteiger partial charge in [-0.3, -0.25) is 4.79 Å². The van der Waals surface area contributed by atoms with Crippen molar-refractivity contribution in [3.8, 4) is 0 Å². The molecule has 2 rings (SSSR count). The minimum absolute atomic E-state index is 0.0769. The Hall–Kier alpha value is -0.610. The summed E-state index contributed by atoms with van der Waals surface area (Å²) < 4.78 is 5.36. The standard InChI is InChI=1S/C11H20N2O2/c1-8-9(4-2-6-12-8)13-11(14)10-5-3-7-15-10/h8-10,12H,2-7H2,1H3,(H,13,14). The minimum Gasteiger partial charge on any atom is -0.368 e. The largest absolute Gasteiger partial charge is 0.368 e. The summed E-state index contributed by atoms with van der Waals surface area (Å²) in [6, 6.07) is 0.652. The van der Waals surface area contributed by atoms with Gasteiger partial charge >= 0.3 is 0 Å². The number of amides is 1. The van der Waals surface area contributed by atoms with Gasteiger partial charge in [0, 0.05) is 18.7 Å². The average molecular weight is 212 g/mol. The molecule has 86 valence electrons. The highest BCUT2D eigenvalue weighted by molar-refractivity contribution is 5.81. The average Bonchev–Trinajstić information content (AvgIpc) is 2.74. The van der Waals surface area contributed by atoms with Gasteiger partial charge in [0.05, 0.1) is 0 Å². The van der Waals surface area contributed by atoms with E-state index in [1.165, 1.54) is 0 Å². The number of rotatable bonds is 2. The van der Waals surface area contributed by atoms with Crippen LogP contribution in [0.15, 0.2) is 0 Å². The van der Waals surface area contributed by atoms with Crippen LogP contribution in [-0.4, -0.2) is 37.2 Å². The Kier molecular flexibility index (Phi) is 3.59. The van der Waals surface area contributed by atoms with Crippen molar-refractivity contribution in [1.82, 2.24) is 10.6 Å². The Morgan fingerprint density at radius 1 is 1.40 bits per heavy atom. The monoisotopic (exact) mass is 212 g/mol. The van der Waals surface area contributed by atoms with E-state index < -0.39 is 0 Å². The van der Waals surface area contributed by atoms with E-state index in [0.717, 1.165) is 38.8 Å². The molecule has 2 aliphatic heterocycles. The van der Waals surface area contributed by atoms with Gasteiger partial charge in [0.25, 0.3) is 0 Å². The number of carbonyl (C=O) groups is 1. The smallest absolute Gasteiger partial charge is 0.249 e. The highest BCUT2D eigenvalue weighted by Crippen LogP contribution is 2.14. The van der Waals surface area contributed by atoms with E-state index in [1.54, 1.807) is 0 Å². The number of carbonyl (C=O) groups excluding carboxylic acids is 1. The maximum Gasteiger partial charge on any atom is 0.249 e. The molecule has 1 amide bonds. The van der Waals surface area contributed by atoms with Crippen molar-refractivity contribution in [1.29, 1.82) is 0 Å². The first-order valence-corrected chi connectivity index (χ1v) is 5.93. The fourth-order valence-corrected chi connectivity index (χ4v) is 2.30. The number of nitrogens with one attached hydrogen (secondary N) is 2. The van der Waals surface area contributed by atoms with Crippen LogP contribution in [0.1, 0.15) is 32.6 Å². The minimum atomic E-state index is -0.195. The SMILES string of the molecule is CC1NCCCC1NC(=O)C1CCCO1. The maximum atomic E-state index is 11.8. The highest BCUT2D eigenvalue weighted by Gasteiger charge is 2.28. The van der Waals surface area contributed by atoms with E-state index in [2.05, 4.69) is 17.6 Å². The van der Waals surface area contributed by atoms with E-state index >= 15 is 0 Å². The molecule has 0 spiro atoms. The van der Waals surface area contributed by atoms with Gasteiger partial charge < -0.3 is 15.4 Å². The fraction of sp³-hybridized carbons (Fsp3) is 0.909. The summed E-state index contributed by atoms with van der Waals surface area (Å²) in [5.41, 5.74) is 0.